The Balaban J connectivity index is 2.04. The Labute approximate surface area is 130 Å². The van der Waals surface area contributed by atoms with Crippen LogP contribution in [0.2, 0.25) is 5.02 Å². The van der Waals surface area contributed by atoms with Crippen molar-refractivity contribution in [1.82, 2.24) is 4.90 Å². The van der Waals surface area contributed by atoms with E-state index in [2.05, 4.69) is 10.2 Å². The maximum absolute atomic E-state index is 12.4. The van der Waals surface area contributed by atoms with Crippen LogP contribution in [0.4, 0.5) is 11.4 Å². The van der Waals surface area contributed by atoms with E-state index in [4.69, 9.17) is 22.1 Å². The molecule has 3 N–H and O–H groups in total. The molecular formula is C15H22ClN3O2. The van der Waals surface area contributed by atoms with E-state index < -0.39 is 0 Å². The molecule has 1 atom stereocenters. The largest absolute Gasteiger partial charge is 0.397 e. The number of nitrogens with two attached hydrogens (primary N) is 1. The number of morpholine rings is 1. The van der Waals surface area contributed by atoms with E-state index in [1.807, 2.05) is 20.8 Å². The van der Waals surface area contributed by atoms with Crippen LogP contribution in [0, 0.1) is 0 Å². The topological polar surface area (TPSA) is 67.6 Å². The number of nitrogens with zero attached hydrogens (tertiary/aromatic N) is 1. The predicted octanol–water partition coefficient (Wildman–Crippen LogP) is 2.36. The van der Waals surface area contributed by atoms with Gasteiger partial charge in [-0.25, -0.2) is 0 Å². The molecule has 1 heterocycles. The fourth-order valence-corrected chi connectivity index (χ4v) is 2.60. The molecule has 1 fully saturated rings. The number of nitrogens with one attached hydrogen (secondary N) is 1. The average molecular weight is 312 g/mol. The number of nitrogen functional groups attached to an aromatic ring is 1. The molecule has 1 aliphatic heterocycles. The third kappa shape index (κ3) is 4.09. The van der Waals surface area contributed by atoms with Gasteiger partial charge in [-0.3, -0.25) is 9.69 Å². The molecule has 116 valence electrons. The van der Waals surface area contributed by atoms with Crippen molar-refractivity contribution in [3.8, 4) is 0 Å². The summed E-state index contributed by atoms with van der Waals surface area (Å²) in [6.07, 6.45) is 0. The van der Waals surface area contributed by atoms with Crippen molar-refractivity contribution in [2.24, 2.45) is 0 Å². The Hall–Kier alpha value is -1.30. The first kappa shape index (κ1) is 16.1. The number of hydrogen-bond donors (Lipinski definition) is 2. The Kier molecular flexibility index (Phi) is 4.76. The van der Waals surface area contributed by atoms with Gasteiger partial charge in [0.15, 0.2) is 0 Å². The Bertz CT molecular complexity index is 534. The second kappa shape index (κ2) is 6.22. The number of carbonyl (C=O) groups excluding carboxylic acids is 1. The highest BCUT2D eigenvalue weighted by molar-refractivity contribution is 6.31. The third-order valence-electron chi connectivity index (χ3n) is 3.66. The summed E-state index contributed by atoms with van der Waals surface area (Å²) < 4.78 is 5.67. The second-order valence-corrected chi connectivity index (χ2v) is 6.41. The van der Waals surface area contributed by atoms with Crippen molar-refractivity contribution < 1.29 is 9.53 Å². The number of halogens is 1. The lowest BCUT2D eigenvalue weighted by Crippen LogP contribution is -2.54. The zero-order chi connectivity index (χ0) is 15.6. The number of rotatable bonds is 3. The molecule has 1 amide bonds. The first-order valence-corrected chi connectivity index (χ1v) is 7.40. The molecule has 0 spiro atoms. The molecule has 21 heavy (non-hydrogen) atoms. The summed E-state index contributed by atoms with van der Waals surface area (Å²) in [7, 11) is 0. The molecule has 0 radical (unpaired) electrons. The minimum Gasteiger partial charge on any atom is -0.397 e. The van der Waals surface area contributed by atoms with Gasteiger partial charge in [0, 0.05) is 18.1 Å². The Morgan fingerprint density at radius 2 is 2.24 bits per heavy atom. The molecule has 1 aromatic rings. The molecule has 0 aromatic heterocycles. The van der Waals surface area contributed by atoms with Gasteiger partial charge < -0.3 is 15.8 Å². The third-order valence-corrected chi connectivity index (χ3v) is 3.89. The number of amides is 1. The van der Waals surface area contributed by atoms with Crippen molar-refractivity contribution in [3.63, 3.8) is 0 Å². The van der Waals surface area contributed by atoms with E-state index in [1.54, 1.807) is 18.2 Å². The maximum Gasteiger partial charge on any atom is 0.241 e. The molecule has 6 heteroatoms. The van der Waals surface area contributed by atoms with Gasteiger partial charge >= 0.3 is 0 Å². The molecule has 0 saturated carbocycles. The predicted molar refractivity (Wildman–Crippen MR) is 85.6 cm³/mol. The number of benzene rings is 1. The van der Waals surface area contributed by atoms with Crippen LogP contribution >= 0.6 is 11.6 Å². The SMILES string of the molecule is CC(C(=O)Nc1cc(Cl)ccc1N)N1CCOC(C)(C)C1. The van der Waals surface area contributed by atoms with Gasteiger partial charge in [0.05, 0.1) is 29.6 Å². The molecule has 0 bridgehead atoms. The highest BCUT2D eigenvalue weighted by Crippen LogP contribution is 2.24. The zero-order valence-electron chi connectivity index (χ0n) is 12.6. The summed E-state index contributed by atoms with van der Waals surface area (Å²) in [5, 5.41) is 3.39. The van der Waals surface area contributed by atoms with Gasteiger partial charge in [0.1, 0.15) is 0 Å². The summed E-state index contributed by atoms with van der Waals surface area (Å²) in [5.74, 6) is -0.0957. The van der Waals surface area contributed by atoms with Crippen LogP contribution in [0.15, 0.2) is 18.2 Å². The van der Waals surface area contributed by atoms with Crippen molar-refractivity contribution in [2.45, 2.75) is 32.4 Å². The van der Waals surface area contributed by atoms with E-state index >= 15 is 0 Å². The average Bonchev–Trinajstić information content (AvgIpc) is 2.41. The molecule has 1 unspecified atom stereocenters. The van der Waals surface area contributed by atoms with Gasteiger partial charge in [-0.05, 0) is 39.0 Å². The quantitative estimate of drug-likeness (QED) is 0.841. The van der Waals surface area contributed by atoms with Gasteiger partial charge in [0.2, 0.25) is 5.91 Å². The second-order valence-electron chi connectivity index (χ2n) is 5.98. The monoisotopic (exact) mass is 311 g/mol. The van der Waals surface area contributed by atoms with E-state index in [0.717, 1.165) is 6.54 Å². The fraction of sp³-hybridized carbons (Fsp3) is 0.533. The number of hydrogen-bond acceptors (Lipinski definition) is 4. The smallest absolute Gasteiger partial charge is 0.241 e. The first-order valence-electron chi connectivity index (χ1n) is 7.02. The van der Waals surface area contributed by atoms with Crippen LogP contribution in [0.5, 0.6) is 0 Å². The van der Waals surface area contributed by atoms with Crippen LogP contribution in [0.25, 0.3) is 0 Å². The fourth-order valence-electron chi connectivity index (χ4n) is 2.42. The summed E-state index contributed by atoms with van der Waals surface area (Å²) in [6, 6.07) is 4.78. The summed E-state index contributed by atoms with van der Waals surface area (Å²) in [5.41, 5.74) is 6.67. The minimum atomic E-state index is -0.258. The van der Waals surface area contributed by atoms with Crippen molar-refractivity contribution in [1.29, 1.82) is 0 Å². The lowest BCUT2D eigenvalue weighted by Gasteiger charge is -2.40. The van der Waals surface area contributed by atoms with Crippen LogP contribution in [0.3, 0.4) is 0 Å². The molecule has 1 saturated heterocycles. The maximum atomic E-state index is 12.4. The molecule has 2 rings (SSSR count). The molecule has 5 nitrogen and oxygen atoms in total. The summed E-state index contributed by atoms with van der Waals surface area (Å²) >= 11 is 5.93. The lowest BCUT2D eigenvalue weighted by atomic mass is 10.1. The van der Waals surface area contributed by atoms with Gasteiger partial charge in [-0.2, -0.15) is 0 Å². The van der Waals surface area contributed by atoms with E-state index in [0.29, 0.717) is 29.5 Å². The van der Waals surface area contributed by atoms with Crippen molar-refractivity contribution in [3.05, 3.63) is 23.2 Å². The van der Waals surface area contributed by atoms with Gasteiger partial charge in [-0.1, -0.05) is 11.6 Å². The van der Waals surface area contributed by atoms with Crippen LogP contribution < -0.4 is 11.1 Å². The molecular weight excluding hydrogens is 290 g/mol. The lowest BCUT2D eigenvalue weighted by molar-refractivity contribution is -0.129. The van der Waals surface area contributed by atoms with Gasteiger partial charge in [-0.15, -0.1) is 0 Å². The molecule has 1 aliphatic rings. The van der Waals surface area contributed by atoms with Crippen LogP contribution in [-0.4, -0.2) is 42.1 Å². The normalized spacial score (nSPS) is 20.0. The summed E-state index contributed by atoms with van der Waals surface area (Å²) in [6.45, 7) is 8.02. The van der Waals surface area contributed by atoms with E-state index in [1.165, 1.54) is 0 Å². The van der Waals surface area contributed by atoms with Gasteiger partial charge in [0.25, 0.3) is 0 Å². The number of anilines is 2. The number of carbonyl (C=O) groups is 1. The minimum absolute atomic E-state index is 0.0957. The Morgan fingerprint density at radius 3 is 2.90 bits per heavy atom. The number of ether oxygens (including phenoxy) is 1. The molecule has 0 aliphatic carbocycles. The zero-order valence-corrected chi connectivity index (χ0v) is 13.4. The van der Waals surface area contributed by atoms with Crippen molar-refractivity contribution >= 4 is 28.9 Å². The molecule has 1 aromatic carbocycles. The van der Waals surface area contributed by atoms with E-state index in [9.17, 15) is 4.79 Å². The Morgan fingerprint density at radius 1 is 1.52 bits per heavy atom. The summed E-state index contributed by atoms with van der Waals surface area (Å²) in [4.78, 5) is 14.5. The highest BCUT2D eigenvalue weighted by Gasteiger charge is 2.32. The first-order chi connectivity index (χ1) is 9.78. The standard InChI is InChI=1S/C15H22ClN3O2/c1-10(19-6-7-21-15(2,3)9-19)14(20)18-13-8-11(16)4-5-12(13)17/h4-5,8,10H,6-7,9,17H2,1-3H3,(H,18,20). The van der Waals surface area contributed by atoms with Crippen LogP contribution in [0.1, 0.15) is 20.8 Å². The van der Waals surface area contributed by atoms with Crippen molar-refractivity contribution in [2.75, 3.05) is 30.7 Å². The highest BCUT2D eigenvalue weighted by atomic mass is 35.5. The van der Waals surface area contributed by atoms with E-state index in [-0.39, 0.29) is 17.6 Å². The van der Waals surface area contributed by atoms with Crippen LogP contribution in [-0.2, 0) is 9.53 Å².